The average Bonchev–Trinajstić information content (AvgIpc) is 3.11. The molecule has 0 saturated carbocycles. The third-order valence-electron chi connectivity index (χ3n) is 5.06. The summed E-state index contributed by atoms with van der Waals surface area (Å²) in [5.74, 6) is -0.429. The minimum atomic E-state index is -4.37. The van der Waals surface area contributed by atoms with Crippen molar-refractivity contribution in [2.45, 2.75) is 24.9 Å². The molecule has 1 saturated heterocycles. The fourth-order valence-corrected chi connectivity index (χ4v) is 3.68. The summed E-state index contributed by atoms with van der Waals surface area (Å²) in [6.07, 6.45) is -0.203. The molecule has 3 aromatic rings. The summed E-state index contributed by atoms with van der Waals surface area (Å²) in [4.78, 5) is 18.4. The van der Waals surface area contributed by atoms with Gasteiger partial charge < -0.3 is 4.90 Å². The van der Waals surface area contributed by atoms with Crippen LogP contribution in [-0.2, 0) is 6.18 Å². The first-order valence-corrected chi connectivity index (χ1v) is 8.68. The van der Waals surface area contributed by atoms with Crippen molar-refractivity contribution < 1.29 is 18.0 Å². The van der Waals surface area contributed by atoms with Gasteiger partial charge in [0.2, 0.25) is 0 Å². The second-order valence-electron chi connectivity index (χ2n) is 6.64. The lowest BCUT2D eigenvalue weighted by molar-refractivity contribution is -0.138. The minimum absolute atomic E-state index is 0.213. The van der Waals surface area contributed by atoms with E-state index in [9.17, 15) is 18.0 Å². The molecule has 0 atom stereocenters. The van der Waals surface area contributed by atoms with Gasteiger partial charge in [0.25, 0.3) is 5.91 Å². The Morgan fingerprint density at radius 3 is 2.63 bits per heavy atom. The van der Waals surface area contributed by atoms with Gasteiger partial charge in [-0.1, -0.05) is 18.2 Å². The Morgan fingerprint density at radius 2 is 1.89 bits per heavy atom. The zero-order valence-electron chi connectivity index (χ0n) is 14.3. The molecule has 8 heteroatoms. The molecule has 1 amide bonds. The number of carbonyl (C=O) groups excluding carboxylic acids is 1. The summed E-state index contributed by atoms with van der Waals surface area (Å²) >= 11 is 0. The second-order valence-corrected chi connectivity index (χ2v) is 6.64. The number of likely N-dealkylation sites (tertiary alicyclic amines) is 1. The number of aromatic amines is 1. The van der Waals surface area contributed by atoms with Crippen LogP contribution in [0.25, 0.3) is 10.9 Å². The third-order valence-corrected chi connectivity index (χ3v) is 5.06. The molecule has 27 heavy (non-hydrogen) atoms. The molecule has 1 aliphatic heterocycles. The Labute approximate surface area is 153 Å². The van der Waals surface area contributed by atoms with Crippen molar-refractivity contribution in [3.63, 3.8) is 0 Å². The van der Waals surface area contributed by atoms with Crippen LogP contribution < -0.4 is 0 Å². The van der Waals surface area contributed by atoms with Crippen molar-refractivity contribution in [3.8, 4) is 0 Å². The van der Waals surface area contributed by atoms with Gasteiger partial charge in [-0.2, -0.15) is 18.3 Å². The molecule has 1 fully saturated rings. The zero-order chi connectivity index (χ0) is 19.0. The van der Waals surface area contributed by atoms with E-state index < -0.39 is 11.7 Å². The number of hydrogen-bond donors (Lipinski definition) is 1. The topological polar surface area (TPSA) is 61.9 Å². The smallest absolute Gasteiger partial charge is 0.337 e. The highest BCUT2D eigenvalue weighted by molar-refractivity contribution is 6.04. The van der Waals surface area contributed by atoms with Crippen molar-refractivity contribution in [3.05, 3.63) is 59.5 Å². The van der Waals surface area contributed by atoms with Crippen molar-refractivity contribution in [1.29, 1.82) is 0 Å². The van der Waals surface area contributed by atoms with Crippen LogP contribution >= 0.6 is 0 Å². The van der Waals surface area contributed by atoms with Crippen molar-refractivity contribution in [2.75, 3.05) is 13.1 Å². The Hall–Kier alpha value is -2.90. The number of hydrogen-bond acceptors (Lipinski definition) is 3. The molecule has 0 spiro atoms. The molecule has 3 heterocycles. The molecule has 0 radical (unpaired) electrons. The number of aromatic nitrogens is 3. The second kappa shape index (κ2) is 6.68. The van der Waals surface area contributed by atoms with Crippen LogP contribution in [-0.4, -0.2) is 39.1 Å². The van der Waals surface area contributed by atoms with Gasteiger partial charge >= 0.3 is 6.18 Å². The van der Waals surface area contributed by atoms with Crippen LogP contribution in [0.3, 0.4) is 0 Å². The van der Waals surface area contributed by atoms with E-state index in [1.807, 2.05) is 0 Å². The highest BCUT2D eigenvalue weighted by atomic mass is 19.4. The number of fused-ring (bicyclic) bond motifs is 1. The molecule has 0 aliphatic carbocycles. The predicted octanol–water partition coefficient (Wildman–Crippen LogP) is 4.00. The molecule has 0 unspecified atom stereocenters. The van der Waals surface area contributed by atoms with Gasteiger partial charge in [0.1, 0.15) is 0 Å². The summed E-state index contributed by atoms with van der Waals surface area (Å²) < 4.78 is 39.8. The molecular weight excluding hydrogens is 357 g/mol. The lowest BCUT2D eigenvalue weighted by Crippen LogP contribution is -2.38. The summed E-state index contributed by atoms with van der Waals surface area (Å²) in [6.45, 7) is 0.796. The Bertz CT molecular complexity index is 974. The number of piperidine rings is 1. The summed E-state index contributed by atoms with van der Waals surface area (Å²) in [7, 11) is 0. The lowest BCUT2D eigenvalue weighted by Gasteiger charge is -2.33. The Balaban J connectivity index is 1.51. The van der Waals surface area contributed by atoms with E-state index in [0.29, 0.717) is 48.1 Å². The fourth-order valence-electron chi connectivity index (χ4n) is 3.68. The van der Waals surface area contributed by atoms with Crippen molar-refractivity contribution in [1.82, 2.24) is 20.1 Å². The number of nitrogens with zero attached hydrogens (tertiary/aromatic N) is 3. The zero-order valence-corrected chi connectivity index (χ0v) is 14.3. The molecular formula is C19H17F3N4O. The highest BCUT2D eigenvalue weighted by Crippen LogP contribution is 2.38. The number of rotatable bonds is 2. The predicted molar refractivity (Wildman–Crippen MR) is 93.2 cm³/mol. The van der Waals surface area contributed by atoms with E-state index >= 15 is 0 Å². The maximum atomic E-state index is 13.3. The number of carbonyl (C=O) groups is 1. The standard InChI is InChI=1S/C19H17F3N4O/c20-19(21,22)15-4-2-1-3-13(15)12-6-9-26(10-7-12)18(27)17-14-5-8-23-11-16(14)24-25-17/h1-5,8,11-12H,6-7,9-10H2,(H,24,25). The van der Waals surface area contributed by atoms with Gasteiger partial charge in [-0.25, -0.2) is 0 Å². The van der Waals surface area contributed by atoms with E-state index in [4.69, 9.17) is 0 Å². The molecule has 2 aromatic heterocycles. The number of amides is 1. The van der Waals surface area contributed by atoms with Gasteiger partial charge in [0.15, 0.2) is 5.69 Å². The van der Waals surface area contributed by atoms with Crippen LogP contribution in [0, 0.1) is 0 Å². The fraction of sp³-hybridized carbons (Fsp3) is 0.316. The SMILES string of the molecule is O=C(c1n[nH]c2cnccc12)N1CCC(c2ccccc2C(F)(F)F)CC1. The van der Waals surface area contributed by atoms with E-state index in [1.165, 1.54) is 6.07 Å². The normalized spacial score (nSPS) is 16.0. The van der Waals surface area contributed by atoms with Crippen molar-refractivity contribution in [2.24, 2.45) is 0 Å². The van der Waals surface area contributed by atoms with Gasteiger partial charge in [-0.05, 0) is 36.5 Å². The van der Waals surface area contributed by atoms with Gasteiger partial charge in [0, 0.05) is 24.7 Å². The molecule has 5 nitrogen and oxygen atoms in total. The van der Waals surface area contributed by atoms with Crippen LogP contribution in [0.1, 0.15) is 40.4 Å². The number of alkyl halides is 3. The van der Waals surface area contributed by atoms with Crippen LogP contribution in [0.15, 0.2) is 42.7 Å². The van der Waals surface area contributed by atoms with Gasteiger partial charge in [-0.15, -0.1) is 0 Å². The number of H-pyrrole nitrogens is 1. The first kappa shape index (κ1) is 17.5. The first-order valence-electron chi connectivity index (χ1n) is 8.68. The maximum Gasteiger partial charge on any atom is 0.416 e. The Kier molecular flexibility index (Phi) is 4.33. The van der Waals surface area contributed by atoms with Crippen LogP contribution in [0.4, 0.5) is 13.2 Å². The van der Waals surface area contributed by atoms with E-state index in [-0.39, 0.29) is 11.8 Å². The summed E-state index contributed by atoms with van der Waals surface area (Å²) in [5, 5.41) is 7.56. The van der Waals surface area contributed by atoms with Crippen molar-refractivity contribution >= 4 is 16.8 Å². The van der Waals surface area contributed by atoms with Crippen LogP contribution in [0.2, 0.25) is 0 Å². The minimum Gasteiger partial charge on any atom is -0.337 e. The monoisotopic (exact) mass is 374 g/mol. The van der Waals surface area contributed by atoms with Crippen LogP contribution in [0.5, 0.6) is 0 Å². The molecule has 4 rings (SSSR count). The number of nitrogens with one attached hydrogen (secondary N) is 1. The summed E-state index contributed by atoms with van der Waals surface area (Å²) in [6, 6.07) is 7.42. The molecule has 1 aliphatic rings. The number of halogens is 3. The quantitative estimate of drug-likeness (QED) is 0.738. The van der Waals surface area contributed by atoms with Gasteiger partial charge in [0.05, 0.1) is 17.3 Å². The maximum absolute atomic E-state index is 13.3. The van der Waals surface area contributed by atoms with Gasteiger partial charge in [-0.3, -0.25) is 14.9 Å². The number of pyridine rings is 1. The Morgan fingerprint density at radius 1 is 1.15 bits per heavy atom. The summed E-state index contributed by atoms with van der Waals surface area (Å²) in [5.41, 5.74) is 0.727. The lowest BCUT2D eigenvalue weighted by atomic mass is 9.86. The van der Waals surface area contributed by atoms with E-state index in [0.717, 1.165) is 6.07 Å². The molecule has 0 bridgehead atoms. The average molecular weight is 374 g/mol. The van der Waals surface area contributed by atoms with E-state index in [1.54, 1.807) is 35.5 Å². The van der Waals surface area contributed by atoms with E-state index in [2.05, 4.69) is 15.2 Å². The highest BCUT2D eigenvalue weighted by Gasteiger charge is 2.36. The molecule has 140 valence electrons. The third kappa shape index (κ3) is 3.27. The molecule has 1 N–H and O–H groups in total. The first-order chi connectivity index (χ1) is 12.9. The number of benzene rings is 1. The molecule has 1 aromatic carbocycles. The largest absolute Gasteiger partial charge is 0.416 e.